The molecule has 0 aliphatic rings. The van der Waals surface area contributed by atoms with E-state index in [0.717, 1.165) is 12.1 Å². The van der Waals surface area contributed by atoms with Crippen LogP contribution in [0.25, 0.3) is 0 Å². The minimum atomic E-state index is -4.75. The summed E-state index contributed by atoms with van der Waals surface area (Å²) in [6, 6.07) is 2.78. The second kappa shape index (κ2) is 9.46. The number of hydrogen-bond donors (Lipinski definition) is 3. The number of hydrogen-bond acceptors (Lipinski definition) is 4. The first-order valence-electron chi connectivity index (χ1n) is 9.00. The number of rotatable bonds is 6. The van der Waals surface area contributed by atoms with E-state index in [0.29, 0.717) is 12.1 Å². The van der Waals surface area contributed by atoms with Crippen LogP contribution in [0.1, 0.15) is 47.2 Å². The van der Waals surface area contributed by atoms with Crippen molar-refractivity contribution >= 4 is 23.4 Å². The van der Waals surface area contributed by atoms with E-state index >= 15 is 0 Å². The fourth-order valence-corrected chi connectivity index (χ4v) is 3.07. The Morgan fingerprint density at radius 2 is 1.87 bits per heavy atom. The average Bonchev–Trinajstić information content (AvgIpc) is 2.68. The van der Waals surface area contributed by atoms with Gasteiger partial charge >= 0.3 is 6.18 Å². The summed E-state index contributed by atoms with van der Waals surface area (Å²) in [4.78, 5) is 42.7. The van der Waals surface area contributed by atoms with Crippen LogP contribution < -0.4 is 16.4 Å². The number of alkyl halides is 4. The Morgan fingerprint density at radius 1 is 1.19 bits per heavy atom. The van der Waals surface area contributed by atoms with E-state index in [1.807, 2.05) is 0 Å². The number of carbonyl (C=O) groups is 2. The smallest absolute Gasteiger partial charge is 0.311 e. The van der Waals surface area contributed by atoms with Gasteiger partial charge in [0.1, 0.15) is 17.3 Å². The fraction of sp³-hybridized carbons (Fsp3) is 0.368. The van der Waals surface area contributed by atoms with Gasteiger partial charge in [0.15, 0.2) is 0 Å². The molecule has 3 N–H and O–H groups in total. The number of aromatic nitrogens is 2. The number of H-pyrrole nitrogens is 1. The maximum atomic E-state index is 14.6. The van der Waals surface area contributed by atoms with Crippen molar-refractivity contribution in [2.45, 2.75) is 38.3 Å². The molecule has 0 saturated carbocycles. The average molecular weight is 463 g/mol. The van der Waals surface area contributed by atoms with Crippen molar-refractivity contribution in [3.05, 3.63) is 63.1 Å². The monoisotopic (exact) mass is 462 g/mol. The number of nitrogens with zero attached hydrogens (tertiary/aromatic N) is 1. The van der Waals surface area contributed by atoms with Gasteiger partial charge in [-0.1, -0.05) is 6.07 Å². The van der Waals surface area contributed by atoms with Crippen molar-refractivity contribution in [3.8, 4) is 0 Å². The summed E-state index contributed by atoms with van der Waals surface area (Å²) in [7, 11) is 0. The molecule has 2 aromatic rings. The molecule has 1 aromatic carbocycles. The third-order valence-corrected chi connectivity index (χ3v) is 4.85. The number of carbonyl (C=O) groups excluding carboxylic acids is 2. The topological polar surface area (TPSA) is 104 Å². The van der Waals surface area contributed by atoms with Crippen molar-refractivity contribution in [3.63, 3.8) is 0 Å². The van der Waals surface area contributed by atoms with Crippen LogP contribution in [0.2, 0.25) is 0 Å². The van der Waals surface area contributed by atoms with E-state index in [1.54, 1.807) is 0 Å². The first-order chi connectivity index (χ1) is 14.4. The number of hydrazine groups is 1. The highest BCUT2D eigenvalue weighted by molar-refractivity contribution is 6.17. The molecule has 0 fully saturated rings. The summed E-state index contributed by atoms with van der Waals surface area (Å²) in [5.41, 5.74) is 0.203. The predicted molar refractivity (Wildman–Crippen MR) is 104 cm³/mol. The van der Waals surface area contributed by atoms with Gasteiger partial charge in [-0.15, -0.1) is 11.6 Å². The molecule has 2 amide bonds. The molecule has 12 heteroatoms. The summed E-state index contributed by atoms with van der Waals surface area (Å²) in [6.45, 7) is 2.77. The molecule has 0 radical (unpaired) electrons. The molecule has 0 aliphatic heterocycles. The minimum Gasteiger partial charge on any atom is -0.311 e. The van der Waals surface area contributed by atoms with E-state index in [4.69, 9.17) is 11.6 Å². The Morgan fingerprint density at radius 3 is 2.42 bits per heavy atom. The molecule has 0 saturated heterocycles. The third kappa shape index (κ3) is 5.81. The molecule has 7 nitrogen and oxygen atoms in total. The number of amides is 2. The second-order valence-corrected chi connectivity index (χ2v) is 7.32. The summed E-state index contributed by atoms with van der Waals surface area (Å²) in [5, 5.41) is 0. The minimum absolute atomic E-state index is 0.0111. The molecule has 0 bridgehead atoms. The van der Waals surface area contributed by atoms with Gasteiger partial charge in [-0.25, -0.2) is 9.37 Å². The largest absolute Gasteiger partial charge is 0.416 e. The molecule has 1 unspecified atom stereocenters. The van der Waals surface area contributed by atoms with Crippen LogP contribution in [0, 0.1) is 12.7 Å². The van der Waals surface area contributed by atoms with Crippen molar-refractivity contribution in [2.75, 3.05) is 5.88 Å². The Hall–Kier alpha value is -2.95. The van der Waals surface area contributed by atoms with Crippen LogP contribution in [-0.2, 0) is 16.4 Å². The maximum absolute atomic E-state index is 14.6. The normalized spacial score (nSPS) is 13.4. The first-order valence-corrected chi connectivity index (χ1v) is 9.54. The highest BCUT2D eigenvalue weighted by Crippen LogP contribution is 2.35. The number of halogens is 5. The van der Waals surface area contributed by atoms with Gasteiger partial charge in [-0.3, -0.25) is 25.2 Å². The van der Waals surface area contributed by atoms with Crippen LogP contribution in [0.15, 0.2) is 29.1 Å². The van der Waals surface area contributed by atoms with Gasteiger partial charge < -0.3 is 4.98 Å². The summed E-state index contributed by atoms with van der Waals surface area (Å²) in [5.74, 6) is -2.72. The lowest BCUT2D eigenvalue weighted by Crippen LogP contribution is -2.51. The number of aromatic amines is 1. The van der Waals surface area contributed by atoms with Crippen LogP contribution >= 0.6 is 11.6 Å². The summed E-state index contributed by atoms with van der Waals surface area (Å²) >= 11 is 5.68. The van der Waals surface area contributed by atoms with Crippen molar-refractivity contribution in [1.82, 2.24) is 20.8 Å². The van der Waals surface area contributed by atoms with Crippen LogP contribution in [0.4, 0.5) is 17.6 Å². The number of nitrogens with one attached hydrogen (secondary N) is 3. The molecule has 2 rings (SSSR count). The van der Waals surface area contributed by atoms with E-state index in [-0.39, 0.29) is 35.8 Å². The molecule has 0 spiro atoms. The SMILES string of the molecule is Cc1nc(C(=O)NNC(=O)C(C)(CCCCl)c2ccc(C(F)(F)F)cc2F)cc(=O)[nH]1. The fourth-order valence-electron chi connectivity index (χ4n) is 2.94. The van der Waals surface area contributed by atoms with E-state index in [9.17, 15) is 31.9 Å². The summed E-state index contributed by atoms with van der Waals surface area (Å²) in [6.07, 6.45) is -4.52. The first kappa shape index (κ1) is 24.3. The van der Waals surface area contributed by atoms with Gasteiger partial charge in [-0.2, -0.15) is 13.2 Å². The Balaban J connectivity index is 2.29. The Kier molecular flexibility index (Phi) is 7.42. The van der Waals surface area contributed by atoms with Crippen molar-refractivity contribution < 1.29 is 27.2 Å². The van der Waals surface area contributed by atoms with Crippen LogP contribution in [-0.4, -0.2) is 27.7 Å². The maximum Gasteiger partial charge on any atom is 0.416 e. The molecule has 1 aromatic heterocycles. The molecule has 31 heavy (non-hydrogen) atoms. The van der Waals surface area contributed by atoms with Crippen LogP contribution in [0.5, 0.6) is 0 Å². The standard InChI is InChI=1S/C19H19ClF4N4O3/c1-10-25-14(9-15(29)26-10)16(30)27-28-17(31)18(2,6-3-7-20)12-5-4-11(8-13(12)21)19(22,23)24/h4-5,8-9H,3,6-7H2,1-2H3,(H,27,30)(H,28,31)(H,25,26,29). The lowest BCUT2D eigenvalue weighted by Gasteiger charge is -2.29. The van der Waals surface area contributed by atoms with Gasteiger partial charge in [0, 0.05) is 17.5 Å². The lowest BCUT2D eigenvalue weighted by molar-refractivity contribution is -0.137. The molecular formula is C19H19ClF4N4O3. The summed E-state index contributed by atoms with van der Waals surface area (Å²) < 4.78 is 53.1. The van der Waals surface area contributed by atoms with Gasteiger partial charge in [-0.05, 0) is 38.8 Å². The highest BCUT2D eigenvalue weighted by atomic mass is 35.5. The molecule has 1 heterocycles. The van der Waals surface area contributed by atoms with Crippen LogP contribution in [0.3, 0.4) is 0 Å². The highest BCUT2D eigenvalue weighted by Gasteiger charge is 2.39. The zero-order valence-corrected chi connectivity index (χ0v) is 17.2. The quantitative estimate of drug-likeness (QED) is 0.349. The molecule has 168 valence electrons. The van der Waals surface area contributed by atoms with E-state index in [1.165, 1.54) is 13.8 Å². The lowest BCUT2D eigenvalue weighted by atomic mass is 9.77. The zero-order chi connectivity index (χ0) is 23.4. The molecule has 0 aliphatic carbocycles. The van der Waals surface area contributed by atoms with Gasteiger partial charge in [0.25, 0.3) is 11.5 Å². The molecule has 1 atom stereocenters. The van der Waals surface area contributed by atoms with Crippen molar-refractivity contribution in [2.24, 2.45) is 0 Å². The Labute approximate surface area is 179 Å². The van der Waals surface area contributed by atoms with E-state index in [2.05, 4.69) is 20.8 Å². The van der Waals surface area contributed by atoms with Crippen molar-refractivity contribution in [1.29, 1.82) is 0 Å². The second-order valence-electron chi connectivity index (χ2n) is 6.94. The third-order valence-electron chi connectivity index (χ3n) is 4.58. The zero-order valence-electron chi connectivity index (χ0n) is 16.5. The van der Waals surface area contributed by atoms with E-state index < -0.39 is 40.3 Å². The number of benzene rings is 1. The molecular weight excluding hydrogens is 444 g/mol. The number of aryl methyl sites for hydroxylation is 1. The van der Waals surface area contributed by atoms with Gasteiger partial charge in [0.05, 0.1) is 11.0 Å². The Bertz CT molecular complexity index is 1040. The van der Waals surface area contributed by atoms with Gasteiger partial charge in [0.2, 0.25) is 5.91 Å². The predicted octanol–water partition coefficient (Wildman–Crippen LogP) is 2.97.